The SMILES string of the molecule is CN(Cc1ccncc1)C(=O)CN1CCCNCC1. The molecule has 2 rings (SSSR count). The maximum Gasteiger partial charge on any atom is 0.236 e. The van der Waals surface area contributed by atoms with Gasteiger partial charge >= 0.3 is 0 Å². The van der Waals surface area contributed by atoms with E-state index in [0.29, 0.717) is 13.1 Å². The summed E-state index contributed by atoms with van der Waals surface area (Å²) >= 11 is 0. The van der Waals surface area contributed by atoms with Crippen LogP contribution in [0.15, 0.2) is 24.5 Å². The van der Waals surface area contributed by atoms with Gasteiger partial charge in [-0.25, -0.2) is 0 Å². The molecule has 0 aromatic carbocycles. The molecular formula is C14H22N4O. The van der Waals surface area contributed by atoms with Crippen molar-refractivity contribution in [2.75, 3.05) is 39.8 Å². The molecule has 0 aliphatic carbocycles. The number of carbonyl (C=O) groups is 1. The van der Waals surface area contributed by atoms with Gasteiger partial charge in [-0.15, -0.1) is 0 Å². The lowest BCUT2D eigenvalue weighted by atomic mass is 10.2. The Morgan fingerprint density at radius 1 is 1.37 bits per heavy atom. The summed E-state index contributed by atoms with van der Waals surface area (Å²) in [7, 11) is 1.86. The van der Waals surface area contributed by atoms with E-state index in [4.69, 9.17) is 0 Å². The molecule has 0 atom stereocenters. The average molecular weight is 262 g/mol. The molecule has 0 spiro atoms. The van der Waals surface area contributed by atoms with Crippen LogP contribution in [0.3, 0.4) is 0 Å². The summed E-state index contributed by atoms with van der Waals surface area (Å²) in [6.45, 7) is 5.15. The highest BCUT2D eigenvalue weighted by Gasteiger charge is 2.15. The second kappa shape index (κ2) is 7.21. The third-order valence-electron chi connectivity index (χ3n) is 3.39. The molecule has 1 N–H and O–H groups in total. The number of carbonyl (C=O) groups excluding carboxylic acids is 1. The molecule has 1 aromatic heterocycles. The molecule has 1 aromatic rings. The number of aromatic nitrogens is 1. The molecule has 1 fully saturated rings. The van der Waals surface area contributed by atoms with Crippen LogP contribution in [0.25, 0.3) is 0 Å². The van der Waals surface area contributed by atoms with Gasteiger partial charge in [-0.3, -0.25) is 14.7 Å². The van der Waals surface area contributed by atoms with E-state index in [0.717, 1.165) is 38.2 Å². The first-order valence-corrected chi connectivity index (χ1v) is 6.81. The molecule has 1 aliphatic rings. The zero-order valence-corrected chi connectivity index (χ0v) is 11.5. The van der Waals surface area contributed by atoms with Crippen LogP contribution in [0.1, 0.15) is 12.0 Å². The minimum absolute atomic E-state index is 0.179. The first kappa shape index (κ1) is 14.0. The summed E-state index contributed by atoms with van der Waals surface area (Å²) in [5, 5.41) is 3.35. The highest BCUT2D eigenvalue weighted by Crippen LogP contribution is 2.03. The molecule has 0 unspecified atom stereocenters. The summed E-state index contributed by atoms with van der Waals surface area (Å²) in [5.41, 5.74) is 1.11. The molecule has 104 valence electrons. The van der Waals surface area contributed by atoms with E-state index < -0.39 is 0 Å². The van der Waals surface area contributed by atoms with Crippen LogP contribution in [0.5, 0.6) is 0 Å². The normalized spacial score (nSPS) is 16.9. The average Bonchev–Trinajstić information content (AvgIpc) is 2.68. The topological polar surface area (TPSA) is 48.5 Å². The molecule has 1 aliphatic heterocycles. The summed E-state index contributed by atoms with van der Waals surface area (Å²) < 4.78 is 0. The van der Waals surface area contributed by atoms with Crippen molar-refractivity contribution >= 4 is 5.91 Å². The van der Waals surface area contributed by atoms with Crippen molar-refractivity contribution in [3.05, 3.63) is 30.1 Å². The van der Waals surface area contributed by atoms with Gasteiger partial charge in [-0.2, -0.15) is 0 Å². The molecule has 5 heteroatoms. The van der Waals surface area contributed by atoms with E-state index in [2.05, 4.69) is 15.2 Å². The number of pyridine rings is 1. The Hall–Kier alpha value is -1.46. The van der Waals surface area contributed by atoms with Crippen LogP contribution in [0.2, 0.25) is 0 Å². The smallest absolute Gasteiger partial charge is 0.236 e. The van der Waals surface area contributed by atoms with Crippen molar-refractivity contribution in [2.24, 2.45) is 0 Å². The Labute approximate surface area is 114 Å². The Balaban J connectivity index is 1.81. The van der Waals surface area contributed by atoms with E-state index in [9.17, 15) is 4.79 Å². The molecule has 2 heterocycles. The van der Waals surface area contributed by atoms with Crippen LogP contribution in [0, 0.1) is 0 Å². The number of rotatable bonds is 4. The number of nitrogens with zero attached hydrogens (tertiary/aromatic N) is 3. The Kier molecular flexibility index (Phi) is 5.30. The zero-order valence-electron chi connectivity index (χ0n) is 11.5. The number of nitrogens with one attached hydrogen (secondary N) is 1. The quantitative estimate of drug-likeness (QED) is 0.850. The fraction of sp³-hybridized carbons (Fsp3) is 0.571. The van der Waals surface area contributed by atoms with Crippen LogP contribution < -0.4 is 5.32 Å². The van der Waals surface area contributed by atoms with E-state index in [1.165, 1.54) is 0 Å². The second-order valence-electron chi connectivity index (χ2n) is 4.98. The van der Waals surface area contributed by atoms with Gasteiger partial charge in [0.05, 0.1) is 6.54 Å². The van der Waals surface area contributed by atoms with Crippen molar-refractivity contribution in [2.45, 2.75) is 13.0 Å². The van der Waals surface area contributed by atoms with Gasteiger partial charge in [0.2, 0.25) is 5.91 Å². The fourth-order valence-corrected chi connectivity index (χ4v) is 2.22. The molecule has 0 saturated carbocycles. The minimum atomic E-state index is 0.179. The maximum absolute atomic E-state index is 12.2. The Morgan fingerprint density at radius 2 is 2.16 bits per heavy atom. The maximum atomic E-state index is 12.2. The number of hydrogen-bond donors (Lipinski definition) is 1. The lowest BCUT2D eigenvalue weighted by molar-refractivity contribution is -0.131. The lowest BCUT2D eigenvalue weighted by Gasteiger charge is -2.23. The van der Waals surface area contributed by atoms with Gasteiger partial charge < -0.3 is 10.2 Å². The highest BCUT2D eigenvalue weighted by molar-refractivity contribution is 5.78. The molecule has 1 saturated heterocycles. The van der Waals surface area contributed by atoms with Gasteiger partial charge in [0, 0.05) is 39.1 Å². The van der Waals surface area contributed by atoms with Gasteiger partial charge in [0.15, 0.2) is 0 Å². The van der Waals surface area contributed by atoms with Crippen molar-refractivity contribution in [3.8, 4) is 0 Å². The molecule has 0 bridgehead atoms. The van der Waals surface area contributed by atoms with Crippen molar-refractivity contribution in [3.63, 3.8) is 0 Å². The van der Waals surface area contributed by atoms with Gasteiger partial charge in [0.1, 0.15) is 0 Å². The summed E-state index contributed by atoms with van der Waals surface area (Å²) in [4.78, 5) is 20.2. The molecule has 5 nitrogen and oxygen atoms in total. The van der Waals surface area contributed by atoms with Crippen LogP contribution in [0.4, 0.5) is 0 Å². The highest BCUT2D eigenvalue weighted by atomic mass is 16.2. The summed E-state index contributed by atoms with van der Waals surface area (Å²) in [6, 6.07) is 3.89. The first-order chi connectivity index (χ1) is 9.25. The van der Waals surface area contributed by atoms with Gasteiger partial charge in [0.25, 0.3) is 0 Å². The van der Waals surface area contributed by atoms with E-state index in [1.807, 2.05) is 19.2 Å². The summed E-state index contributed by atoms with van der Waals surface area (Å²) in [6.07, 6.45) is 4.63. The van der Waals surface area contributed by atoms with E-state index in [1.54, 1.807) is 17.3 Å². The van der Waals surface area contributed by atoms with Gasteiger partial charge in [-0.05, 0) is 37.2 Å². The lowest BCUT2D eigenvalue weighted by Crippen LogP contribution is -2.39. The molecule has 1 amide bonds. The first-order valence-electron chi connectivity index (χ1n) is 6.81. The fourth-order valence-electron chi connectivity index (χ4n) is 2.22. The third-order valence-corrected chi connectivity index (χ3v) is 3.39. The number of hydrogen-bond acceptors (Lipinski definition) is 4. The largest absolute Gasteiger partial charge is 0.340 e. The summed E-state index contributed by atoms with van der Waals surface area (Å²) in [5.74, 6) is 0.179. The monoisotopic (exact) mass is 262 g/mol. The van der Waals surface area contributed by atoms with Crippen LogP contribution in [-0.4, -0.2) is 60.5 Å². The standard InChI is InChI=1S/C14H22N4O/c1-17(11-13-3-6-16-7-4-13)14(19)12-18-9-2-5-15-8-10-18/h3-4,6-7,15H,2,5,8-12H2,1H3. The third kappa shape index (κ3) is 4.61. The Bertz CT molecular complexity index is 388. The zero-order chi connectivity index (χ0) is 13.5. The van der Waals surface area contributed by atoms with Crippen LogP contribution >= 0.6 is 0 Å². The number of likely N-dealkylation sites (N-methyl/N-ethyl adjacent to an activating group) is 1. The minimum Gasteiger partial charge on any atom is -0.340 e. The van der Waals surface area contributed by atoms with Gasteiger partial charge in [-0.1, -0.05) is 0 Å². The van der Waals surface area contributed by atoms with Crippen molar-refractivity contribution in [1.29, 1.82) is 0 Å². The van der Waals surface area contributed by atoms with E-state index >= 15 is 0 Å². The predicted molar refractivity (Wildman–Crippen MR) is 74.6 cm³/mol. The molecule has 19 heavy (non-hydrogen) atoms. The van der Waals surface area contributed by atoms with Crippen LogP contribution in [-0.2, 0) is 11.3 Å². The molecular weight excluding hydrogens is 240 g/mol. The number of amides is 1. The second-order valence-corrected chi connectivity index (χ2v) is 4.98. The Morgan fingerprint density at radius 3 is 2.95 bits per heavy atom. The van der Waals surface area contributed by atoms with Crippen molar-refractivity contribution < 1.29 is 4.79 Å². The van der Waals surface area contributed by atoms with Crippen molar-refractivity contribution in [1.82, 2.24) is 20.1 Å². The molecule has 0 radical (unpaired) electrons. The predicted octanol–water partition coefficient (Wildman–Crippen LogP) is 0.335. The van der Waals surface area contributed by atoms with E-state index in [-0.39, 0.29) is 5.91 Å².